The van der Waals surface area contributed by atoms with Crippen LogP contribution in [0.1, 0.15) is 27.2 Å². The topological polar surface area (TPSA) is 58.2 Å². The Bertz CT molecular complexity index is 288. The minimum absolute atomic E-state index is 0.413. The Balaban J connectivity index is 4.28. The Morgan fingerprint density at radius 1 is 1.46 bits per heavy atom. The summed E-state index contributed by atoms with van der Waals surface area (Å²) < 4.78 is 27.2. The van der Waals surface area contributed by atoms with E-state index in [2.05, 4.69) is 15.4 Å². The molecule has 0 bridgehead atoms. The molecule has 13 heavy (non-hydrogen) atoms. The van der Waals surface area contributed by atoms with E-state index in [9.17, 15) is 8.42 Å². The van der Waals surface area contributed by atoms with Crippen LogP contribution in [0.4, 0.5) is 0 Å². The molecule has 0 unspecified atom stereocenters. The van der Waals surface area contributed by atoms with Gasteiger partial charge in [0.25, 0.3) is 10.2 Å². The lowest BCUT2D eigenvalue weighted by Crippen LogP contribution is -2.47. The molecule has 0 amide bonds. The smallest absolute Gasteiger partial charge is 0.202 e. The first-order chi connectivity index (χ1) is 5.83. The summed E-state index contributed by atoms with van der Waals surface area (Å²) in [6.07, 6.45) is 5.88. The number of hydrogen-bond acceptors (Lipinski definition) is 2. The molecule has 0 fully saturated rings. The van der Waals surface area contributed by atoms with Crippen molar-refractivity contribution in [2.75, 3.05) is 6.54 Å². The normalized spacial score (nSPS) is 12.5. The Hall–Kier alpha value is -0.570. The highest BCUT2D eigenvalue weighted by Gasteiger charge is 2.21. The van der Waals surface area contributed by atoms with Crippen molar-refractivity contribution in [3.05, 3.63) is 0 Å². The Morgan fingerprint density at radius 2 is 2.00 bits per heavy atom. The predicted octanol–water partition coefficient (Wildman–Crippen LogP) is 0.232. The molecule has 0 aliphatic heterocycles. The van der Waals surface area contributed by atoms with Crippen molar-refractivity contribution in [1.29, 1.82) is 0 Å². The van der Waals surface area contributed by atoms with Gasteiger partial charge in [0, 0.05) is 6.54 Å². The molecule has 0 heterocycles. The lowest BCUT2D eigenvalue weighted by atomic mass is 10.1. The van der Waals surface area contributed by atoms with Gasteiger partial charge in [0.2, 0.25) is 0 Å². The van der Waals surface area contributed by atoms with Gasteiger partial charge in [0.15, 0.2) is 0 Å². The summed E-state index contributed by atoms with van der Waals surface area (Å²) in [5.41, 5.74) is -0.848. The van der Waals surface area contributed by atoms with Crippen LogP contribution in [0.2, 0.25) is 0 Å². The van der Waals surface area contributed by atoms with Crippen LogP contribution in [0.3, 0.4) is 0 Å². The summed E-state index contributed by atoms with van der Waals surface area (Å²) in [6, 6.07) is 0. The zero-order valence-corrected chi connectivity index (χ0v) is 9.03. The van der Waals surface area contributed by atoms with Gasteiger partial charge in [0.1, 0.15) is 0 Å². The molecule has 0 spiro atoms. The second kappa shape index (κ2) is 4.61. The molecule has 76 valence electrons. The molecule has 0 aromatic heterocycles. The molecule has 5 heteroatoms. The van der Waals surface area contributed by atoms with Crippen LogP contribution in [-0.2, 0) is 10.2 Å². The number of nitrogens with one attached hydrogen (secondary N) is 2. The van der Waals surface area contributed by atoms with Crippen LogP contribution < -0.4 is 9.44 Å². The van der Waals surface area contributed by atoms with Gasteiger partial charge < -0.3 is 0 Å². The lowest BCUT2D eigenvalue weighted by Gasteiger charge is -2.19. The fourth-order valence-corrected chi connectivity index (χ4v) is 1.91. The summed E-state index contributed by atoms with van der Waals surface area (Å²) in [6.45, 7) is 5.54. The third-order valence-corrected chi connectivity index (χ3v) is 2.66. The maximum Gasteiger partial charge on any atom is 0.278 e. The van der Waals surface area contributed by atoms with Crippen LogP contribution in [0.25, 0.3) is 0 Å². The molecular formula is C8H16N2O2S. The lowest BCUT2D eigenvalue weighted by molar-refractivity contribution is 0.526. The molecule has 4 nitrogen and oxygen atoms in total. The van der Waals surface area contributed by atoms with E-state index in [0.29, 0.717) is 6.54 Å². The Kier molecular flexibility index (Phi) is 4.40. The van der Waals surface area contributed by atoms with Gasteiger partial charge in [-0.15, -0.1) is 6.42 Å². The average molecular weight is 204 g/mol. The van der Waals surface area contributed by atoms with Crippen molar-refractivity contribution >= 4 is 10.2 Å². The van der Waals surface area contributed by atoms with E-state index in [1.54, 1.807) is 13.8 Å². The molecule has 0 aliphatic rings. The van der Waals surface area contributed by atoms with Gasteiger partial charge >= 0.3 is 0 Å². The minimum atomic E-state index is -3.46. The molecule has 0 aromatic rings. The third kappa shape index (κ3) is 5.64. The van der Waals surface area contributed by atoms with E-state index in [-0.39, 0.29) is 0 Å². The van der Waals surface area contributed by atoms with Gasteiger partial charge in [0.05, 0.1) is 5.54 Å². The fraction of sp³-hybridized carbons (Fsp3) is 0.750. The summed E-state index contributed by atoms with van der Waals surface area (Å²) in [5.74, 6) is 2.34. The molecule has 0 saturated carbocycles. The van der Waals surface area contributed by atoms with Crippen LogP contribution >= 0.6 is 0 Å². The molecule has 0 aliphatic carbocycles. The van der Waals surface area contributed by atoms with Crippen molar-refractivity contribution in [2.24, 2.45) is 0 Å². The monoisotopic (exact) mass is 204 g/mol. The number of rotatable bonds is 5. The van der Waals surface area contributed by atoms with Crippen LogP contribution in [0.5, 0.6) is 0 Å². The molecule has 0 radical (unpaired) electrons. The highest BCUT2D eigenvalue weighted by atomic mass is 32.2. The minimum Gasteiger partial charge on any atom is -0.202 e. The first-order valence-corrected chi connectivity index (χ1v) is 5.57. The standard InChI is InChI=1S/C8H16N2O2S/c1-5-7-9-13(11,12)10-8(3,4)6-2/h2,9-10H,5,7H2,1,3-4H3. The van der Waals surface area contributed by atoms with E-state index in [1.165, 1.54) is 0 Å². The molecule has 2 N–H and O–H groups in total. The highest BCUT2D eigenvalue weighted by molar-refractivity contribution is 7.87. The molecule has 0 rings (SSSR count). The number of terminal acetylenes is 1. The van der Waals surface area contributed by atoms with E-state index in [0.717, 1.165) is 6.42 Å². The molecule has 0 saturated heterocycles. The Morgan fingerprint density at radius 3 is 2.38 bits per heavy atom. The van der Waals surface area contributed by atoms with Gasteiger partial charge in [-0.25, -0.2) is 4.72 Å². The molecule has 0 atom stereocenters. The first-order valence-electron chi connectivity index (χ1n) is 4.09. The molecule has 0 aromatic carbocycles. The van der Waals surface area contributed by atoms with Crippen molar-refractivity contribution < 1.29 is 8.42 Å². The maximum absolute atomic E-state index is 11.2. The highest BCUT2D eigenvalue weighted by Crippen LogP contribution is 2.00. The summed E-state index contributed by atoms with van der Waals surface area (Å²) >= 11 is 0. The van der Waals surface area contributed by atoms with Gasteiger partial charge in [-0.1, -0.05) is 12.8 Å². The van der Waals surface area contributed by atoms with Crippen LogP contribution in [0, 0.1) is 12.3 Å². The second-order valence-electron chi connectivity index (χ2n) is 3.27. The van der Waals surface area contributed by atoms with Gasteiger partial charge in [-0.05, 0) is 20.3 Å². The maximum atomic E-state index is 11.2. The fourth-order valence-electron chi connectivity index (χ4n) is 0.638. The average Bonchev–Trinajstić information content (AvgIpc) is 1.99. The summed E-state index contributed by atoms with van der Waals surface area (Å²) in [7, 11) is -3.46. The zero-order chi connectivity index (χ0) is 10.5. The predicted molar refractivity (Wildman–Crippen MR) is 53.3 cm³/mol. The largest absolute Gasteiger partial charge is 0.278 e. The van der Waals surface area contributed by atoms with Crippen molar-refractivity contribution in [3.63, 3.8) is 0 Å². The van der Waals surface area contributed by atoms with Gasteiger partial charge in [-0.3, -0.25) is 0 Å². The number of hydrogen-bond donors (Lipinski definition) is 2. The van der Waals surface area contributed by atoms with Crippen molar-refractivity contribution in [1.82, 2.24) is 9.44 Å². The van der Waals surface area contributed by atoms with Crippen LogP contribution in [-0.4, -0.2) is 20.5 Å². The van der Waals surface area contributed by atoms with Crippen molar-refractivity contribution in [2.45, 2.75) is 32.7 Å². The Labute approximate surface area is 80.3 Å². The molecular weight excluding hydrogens is 188 g/mol. The van der Waals surface area contributed by atoms with Crippen LogP contribution in [0.15, 0.2) is 0 Å². The van der Waals surface area contributed by atoms with E-state index in [4.69, 9.17) is 6.42 Å². The zero-order valence-electron chi connectivity index (χ0n) is 8.22. The van der Waals surface area contributed by atoms with E-state index >= 15 is 0 Å². The second-order valence-corrected chi connectivity index (χ2v) is 4.77. The quantitative estimate of drug-likeness (QED) is 0.630. The van der Waals surface area contributed by atoms with E-state index in [1.807, 2.05) is 6.92 Å². The van der Waals surface area contributed by atoms with Crippen molar-refractivity contribution in [3.8, 4) is 12.3 Å². The first kappa shape index (κ1) is 12.4. The summed E-state index contributed by atoms with van der Waals surface area (Å²) in [4.78, 5) is 0. The third-order valence-electron chi connectivity index (χ3n) is 1.29. The van der Waals surface area contributed by atoms with Gasteiger partial charge in [-0.2, -0.15) is 13.1 Å². The SMILES string of the molecule is C#CC(C)(C)NS(=O)(=O)NCCC. The summed E-state index contributed by atoms with van der Waals surface area (Å²) in [5, 5.41) is 0. The van der Waals surface area contributed by atoms with E-state index < -0.39 is 15.7 Å².